The molecule has 1 aromatic heterocycles. The largest absolute Gasteiger partial charge is 0.253 e. The van der Waals surface area contributed by atoms with E-state index in [2.05, 4.69) is 20.5 Å². The molecule has 0 atom stereocenters. The summed E-state index contributed by atoms with van der Waals surface area (Å²) < 4.78 is 1.57. The molecule has 0 aliphatic heterocycles. The van der Waals surface area contributed by atoms with Crippen LogP contribution in [0.5, 0.6) is 0 Å². The van der Waals surface area contributed by atoms with Crippen LogP contribution >= 0.6 is 0 Å². The normalized spacial score (nSPS) is 10.9. The van der Waals surface area contributed by atoms with Crippen LogP contribution in [0.15, 0.2) is 16.4 Å². The fourth-order valence-corrected chi connectivity index (χ4v) is 0.483. The van der Waals surface area contributed by atoms with Crippen molar-refractivity contribution in [3.63, 3.8) is 0 Å². The van der Waals surface area contributed by atoms with Crippen molar-refractivity contribution in [2.24, 2.45) is 17.3 Å². The van der Waals surface area contributed by atoms with Gasteiger partial charge in [0.25, 0.3) is 0 Å². The molecular formula is C4H7N5. The zero-order chi connectivity index (χ0) is 6.69. The highest BCUT2D eigenvalue weighted by atomic mass is 15.4. The van der Waals surface area contributed by atoms with Gasteiger partial charge in [-0.15, -0.1) is 10.2 Å². The van der Waals surface area contributed by atoms with Crippen molar-refractivity contribution in [2.45, 2.75) is 0 Å². The summed E-state index contributed by atoms with van der Waals surface area (Å²) in [4.78, 5) is 0. The topological polar surface area (TPSA) is 55.4 Å². The van der Waals surface area contributed by atoms with E-state index >= 15 is 0 Å². The maximum absolute atomic E-state index is 3.66. The maximum atomic E-state index is 3.66. The molecule has 48 valence electrons. The van der Waals surface area contributed by atoms with E-state index in [0.717, 1.165) is 0 Å². The van der Waals surface area contributed by atoms with Gasteiger partial charge in [0.2, 0.25) is 5.82 Å². The van der Waals surface area contributed by atoms with E-state index < -0.39 is 0 Å². The molecule has 0 radical (unpaired) electrons. The van der Waals surface area contributed by atoms with Gasteiger partial charge in [-0.25, -0.2) is 0 Å². The Balaban J connectivity index is 2.85. The van der Waals surface area contributed by atoms with Crippen LogP contribution < -0.4 is 0 Å². The molecular weight excluding hydrogens is 118 g/mol. The van der Waals surface area contributed by atoms with Gasteiger partial charge in [0, 0.05) is 14.1 Å². The summed E-state index contributed by atoms with van der Waals surface area (Å²) in [5, 5.41) is 14.5. The number of aryl methyl sites for hydroxylation is 1. The number of hydrogen-bond acceptors (Lipinski definition) is 4. The van der Waals surface area contributed by atoms with Crippen LogP contribution in [0.2, 0.25) is 0 Å². The molecule has 9 heavy (non-hydrogen) atoms. The summed E-state index contributed by atoms with van der Waals surface area (Å²) in [6, 6.07) is 0. The van der Waals surface area contributed by atoms with E-state index in [9.17, 15) is 0 Å². The Morgan fingerprint density at radius 2 is 2.44 bits per heavy atom. The highest BCUT2D eigenvalue weighted by Gasteiger charge is 1.90. The third-order valence-corrected chi connectivity index (χ3v) is 0.793. The van der Waals surface area contributed by atoms with Crippen LogP contribution in [0.4, 0.5) is 5.82 Å². The molecule has 0 unspecified atom stereocenters. The number of rotatable bonds is 1. The lowest BCUT2D eigenvalue weighted by atomic mass is 10.8. The van der Waals surface area contributed by atoms with Crippen LogP contribution in [0.1, 0.15) is 0 Å². The van der Waals surface area contributed by atoms with Gasteiger partial charge in [0.1, 0.15) is 0 Å². The minimum atomic E-state index is 0.542. The molecule has 0 aliphatic rings. The Bertz CT molecular complexity index is 212. The minimum Gasteiger partial charge on any atom is -0.253 e. The lowest BCUT2D eigenvalue weighted by molar-refractivity contribution is 0.715. The monoisotopic (exact) mass is 125 g/mol. The molecule has 1 heterocycles. The first-order valence-electron chi connectivity index (χ1n) is 2.49. The quantitative estimate of drug-likeness (QED) is 0.514. The Labute approximate surface area is 52.4 Å². The molecule has 1 rings (SSSR count). The molecule has 0 N–H and O–H groups in total. The Hall–Kier alpha value is -1.26. The van der Waals surface area contributed by atoms with Crippen molar-refractivity contribution in [3.05, 3.63) is 6.20 Å². The lowest BCUT2D eigenvalue weighted by Gasteiger charge is -1.76. The molecule has 0 bridgehead atoms. The fraction of sp³-hybridized carbons (Fsp3) is 0.500. The van der Waals surface area contributed by atoms with Gasteiger partial charge in [-0.05, 0) is 0 Å². The standard InChI is InChI=1S/C4H7N5/c1-5-6-4-3-9(2)8-7-4/h3H,1-2H3. The highest BCUT2D eigenvalue weighted by Crippen LogP contribution is 2.02. The number of aromatic nitrogens is 3. The number of nitrogens with zero attached hydrogens (tertiary/aromatic N) is 5. The van der Waals surface area contributed by atoms with E-state index in [1.54, 1.807) is 25.0 Å². The predicted octanol–water partition coefficient (Wildman–Crippen LogP) is 0.529. The summed E-state index contributed by atoms with van der Waals surface area (Å²) in [5.41, 5.74) is 0. The summed E-state index contributed by atoms with van der Waals surface area (Å²) in [6.07, 6.45) is 1.69. The summed E-state index contributed by atoms with van der Waals surface area (Å²) in [6.45, 7) is 0. The van der Waals surface area contributed by atoms with E-state index in [-0.39, 0.29) is 0 Å². The van der Waals surface area contributed by atoms with Crippen LogP contribution in [-0.4, -0.2) is 22.0 Å². The Morgan fingerprint density at radius 3 is 2.89 bits per heavy atom. The van der Waals surface area contributed by atoms with Crippen molar-refractivity contribution in [2.75, 3.05) is 7.05 Å². The minimum absolute atomic E-state index is 0.542. The zero-order valence-electron chi connectivity index (χ0n) is 5.31. The van der Waals surface area contributed by atoms with Crippen molar-refractivity contribution in [1.82, 2.24) is 15.0 Å². The zero-order valence-corrected chi connectivity index (χ0v) is 5.31. The van der Waals surface area contributed by atoms with E-state index in [0.29, 0.717) is 5.82 Å². The lowest BCUT2D eigenvalue weighted by Crippen LogP contribution is -1.85. The van der Waals surface area contributed by atoms with E-state index in [1.807, 2.05) is 0 Å². The van der Waals surface area contributed by atoms with Crippen molar-refractivity contribution >= 4 is 5.82 Å². The van der Waals surface area contributed by atoms with Gasteiger partial charge in [-0.1, -0.05) is 5.21 Å². The first-order chi connectivity index (χ1) is 4.33. The smallest absolute Gasteiger partial charge is 0.215 e. The van der Waals surface area contributed by atoms with Crippen LogP contribution in [0.3, 0.4) is 0 Å². The molecule has 0 saturated carbocycles. The first-order valence-corrected chi connectivity index (χ1v) is 2.49. The van der Waals surface area contributed by atoms with Gasteiger partial charge < -0.3 is 0 Å². The molecule has 1 aromatic rings. The highest BCUT2D eigenvalue weighted by molar-refractivity contribution is 5.17. The molecule has 0 saturated heterocycles. The van der Waals surface area contributed by atoms with Gasteiger partial charge in [0.15, 0.2) is 0 Å². The van der Waals surface area contributed by atoms with Gasteiger partial charge in [-0.2, -0.15) is 5.11 Å². The Morgan fingerprint density at radius 1 is 1.67 bits per heavy atom. The van der Waals surface area contributed by atoms with Gasteiger partial charge in [0.05, 0.1) is 6.20 Å². The average molecular weight is 125 g/mol. The summed E-state index contributed by atoms with van der Waals surface area (Å²) >= 11 is 0. The SMILES string of the molecule is CN=Nc1cn(C)nn1. The Kier molecular flexibility index (Phi) is 1.53. The molecule has 0 amide bonds. The molecule has 0 spiro atoms. The van der Waals surface area contributed by atoms with Crippen molar-refractivity contribution in [3.8, 4) is 0 Å². The van der Waals surface area contributed by atoms with Gasteiger partial charge >= 0.3 is 0 Å². The molecule has 0 aromatic carbocycles. The van der Waals surface area contributed by atoms with Gasteiger partial charge in [-0.3, -0.25) is 4.68 Å². The van der Waals surface area contributed by atoms with Crippen LogP contribution in [0, 0.1) is 0 Å². The fourth-order valence-electron chi connectivity index (χ4n) is 0.483. The molecule has 0 aliphatic carbocycles. The predicted molar refractivity (Wildman–Crippen MR) is 31.4 cm³/mol. The molecule has 5 heteroatoms. The van der Waals surface area contributed by atoms with Crippen molar-refractivity contribution < 1.29 is 0 Å². The summed E-state index contributed by atoms with van der Waals surface area (Å²) in [7, 11) is 3.37. The summed E-state index contributed by atoms with van der Waals surface area (Å²) in [5.74, 6) is 0.542. The number of hydrogen-bond donors (Lipinski definition) is 0. The average Bonchev–Trinajstić information content (AvgIpc) is 2.17. The molecule has 0 fully saturated rings. The third-order valence-electron chi connectivity index (χ3n) is 0.793. The van der Waals surface area contributed by atoms with Crippen molar-refractivity contribution in [1.29, 1.82) is 0 Å². The second kappa shape index (κ2) is 2.34. The first kappa shape index (κ1) is 5.87. The van der Waals surface area contributed by atoms with E-state index in [4.69, 9.17) is 0 Å². The second-order valence-corrected chi connectivity index (χ2v) is 1.55. The third kappa shape index (κ3) is 1.31. The number of azo groups is 1. The second-order valence-electron chi connectivity index (χ2n) is 1.55. The molecule has 5 nitrogen and oxygen atoms in total. The van der Waals surface area contributed by atoms with E-state index in [1.165, 1.54) is 0 Å². The van der Waals surface area contributed by atoms with Crippen LogP contribution in [0.25, 0.3) is 0 Å². The maximum Gasteiger partial charge on any atom is 0.215 e. The van der Waals surface area contributed by atoms with Crippen LogP contribution in [-0.2, 0) is 7.05 Å².